The average molecular weight is 168 g/mol. The first-order valence-electron chi connectivity index (χ1n) is 4.01. The summed E-state index contributed by atoms with van der Waals surface area (Å²) in [6.07, 6.45) is 3.91. The molecule has 1 aliphatic heterocycles. The summed E-state index contributed by atoms with van der Waals surface area (Å²) in [4.78, 5) is 10.1. The molecule has 0 aromatic carbocycles. The molecule has 1 aromatic heterocycles. The highest BCUT2D eigenvalue weighted by Gasteiger charge is 1.94. The SMILES string of the molecule is C1CCOC1.O=c1cccco1. The van der Waals surface area contributed by atoms with Gasteiger partial charge in [0.05, 0.1) is 6.26 Å². The van der Waals surface area contributed by atoms with Crippen LogP contribution >= 0.6 is 0 Å². The maximum absolute atomic E-state index is 10.1. The van der Waals surface area contributed by atoms with Crippen molar-refractivity contribution in [3.05, 3.63) is 34.9 Å². The molecule has 0 amide bonds. The Labute approximate surface area is 71.0 Å². The quantitative estimate of drug-likeness (QED) is 0.588. The second kappa shape index (κ2) is 5.55. The molecule has 66 valence electrons. The number of rotatable bonds is 0. The third-order valence-corrected chi connectivity index (χ3v) is 1.43. The highest BCUT2D eigenvalue weighted by atomic mass is 16.5. The van der Waals surface area contributed by atoms with Crippen LogP contribution in [0.1, 0.15) is 12.8 Å². The Hall–Kier alpha value is -1.09. The van der Waals surface area contributed by atoms with Crippen LogP contribution in [0.15, 0.2) is 33.7 Å². The maximum Gasteiger partial charge on any atom is 0.335 e. The van der Waals surface area contributed by atoms with Crippen molar-refractivity contribution in [1.82, 2.24) is 0 Å². The van der Waals surface area contributed by atoms with Gasteiger partial charge in [0.2, 0.25) is 0 Å². The molecule has 12 heavy (non-hydrogen) atoms. The summed E-state index contributed by atoms with van der Waals surface area (Å²) in [6, 6.07) is 4.65. The van der Waals surface area contributed by atoms with E-state index >= 15 is 0 Å². The van der Waals surface area contributed by atoms with Crippen molar-refractivity contribution in [1.29, 1.82) is 0 Å². The minimum absolute atomic E-state index is 0.303. The molecule has 3 nitrogen and oxygen atoms in total. The van der Waals surface area contributed by atoms with Crippen molar-refractivity contribution in [3.8, 4) is 0 Å². The van der Waals surface area contributed by atoms with Gasteiger partial charge in [0.15, 0.2) is 0 Å². The van der Waals surface area contributed by atoms with E-state index in [4.69, 9.17) is 4.74 Å². The van der Waals surface area contributed by atoms with Gasteiger partial charge in [-0.1, -0.05) is 6.07 Å². The number of hydrogen-bond acceptors (Lipinski definition) is 3. The predicted molar refractivity (Wildman–Crippen MR) is 45.0 cm³/mol. The third-order valence-electron chi connectivity index (χ3n) is 1.43. The summed E-state index contributed by atoms with van der Waals surface area (Å²) in [7, 11) is 0. The molecule has 1 saturated heterocycles. The third kappa shape index (κ3) is 3.93. The molecule has 1 fully saturated rings. The van der Waals surface area contributed by atoms with Crippen LogP contribution in [0, 0.1) is 0 Å². The lowest BCUT2D eigenvalue weighted by atomic mass is 10.4. The fraction of sp³-hybridized carbons (Fsp3) is 0.444. The molecule has 2 rings (SSSR count). The number of ether oxygens (including phenoxy) is 1. The van der Waals surface area contributed by atoms with E-state index in [2.05, 4.69) is 4.42 Å². The van der Waals surface area contributed by atoms with E-state index in [0.717, 1.165) is 13.2 Å². The molecule has 1 aromatic rings. The standard InChI is InChI=1S/C5H4O2.C4H8O/c6-5-3-1-2-4-7-5;1-2-4-5-3-1/h1-4H;1-4H2. The minimum atomic E-state index is -0.303. The molecule has 0 atom stereocenters. The van der Waals surface area contributed by atoms with E-state index in [0.29, 0.717) is 0 Å². The zero-order valence-corrected chi connectivity index (χ0v) is 6.86. The van der Waals surface area contributed by atoms with Crippen molar-refractivity contribution in [2.75, 3.05) is 13.2 Å². The summed E-state index contributed by atoms with van der Waals surface area (Å²) < 4.78 is 9.32. The molecular weight excluding hydrogens is 156 g/mol. The molecule has 0 saturated carbocycles. The smallest absolute Gasteiger partial charge is 0.335 e. The van der Waals surface area contributed by atoms with E-state index in [-0.39, 0.29) is 5.63 Å². The van der Waals surface area contributed by atoms with Crippen molar-refractivity contribution in [2.45, 2.75) is 12.8 Å². The van der Waals surface area contributed by atoms with Gasteiger partial charge in [-0.25, -0.2) is 4.79 Å². The van der Waals surface area contributed by atoms with Crippen molar-refractivity contribution in [3.63, 3.8) is 0 Å². The van der Waals surface area contributed by atoms with Crippen LogP contribution in [0.3, 0.4) is 0 Å². The lowest BCUT2D eigenvalue weighted by Crippen LogP contribution is -1.90. The summed E-state index contributed by atoms with van der Waals surface area (Å²) >= 11 is 0. The molecule has 2 heterocycles. The van der Waals surface area contributed by atoms with Crippen LogP contribution in [0.25, 0.3) is 0 Å². The van der Waals surface area contributed by atoms with Gasteiger partial charge < -0.3 is 9.15 Å². The molecule has 0 aliphatic carbocycles. The second-order valence-electron chi connectivity index (χ2n) is 2.44. The highest BCUT2D eigenvalue weighted by molar-refractivity contribution is 4.85. The highest BCUT2D eigenvalue weighted by Crippen LogP contribution is 1.98. The van der Waals surface area contributed by atoms with Gasteiger partial charge in [0.1, 0.15) is 0 Å². The van der Waals surface area contributed by atoms with Crippen molar-refractivity contribution < 1.29 is 9.15 Å². The van der Waals surface area contributed by atoms with Crippen LogP contribution in [0.2, 0.25) is 0 Å². The largest absolute Gasteiger partial charge is 0.431 e. The Balaban J connectivity index is 0.000000127. The van der Waals surface area contributed by atoms with Gasteiger partial charge in [0, 0.05) is 19.3 Å². The Morgan fingerprint density at radius 2 is 1.92 bits per heavy atom. The molecule has 0 N–H and O–H groups in total. The first kappa shape index (κ1) is 9.00. The molecule has 0 spiro atoms. The number of hydrogen-bond donors (Lipinski definition) is 0. The average Bonchev–Trinajstić information content (AvgIpc) is 2.62. The van der Waals surface area contributed by atoms with E-state index in [1.165, 1.54) is 25.2 Å². The van der Waals surface area contributed by atoms with Crippen LogP contribution < -0.4 is 5.63 Å². The van der Waals surface area contributed by atoms with Gasteiger partial charge in [0.25, 0.3) is 0 Å². The van der Waals surface area contributed by atoms with Crippen LogP contribution in [-0.4, -0.2) is 13.2 Å². The monoisotopic (exact) mass is 168 g/mol. The minimum Gasteiger partial charge on any atom is -0.431 e. The first-order chi connectivity index (χ1) is 5.89. The van der Waals surface area contributed by atoms with Gasteiger partial charge in [-0.05, 0) is 18.9 Å². The summed E-state index contributed by atoms with van der Waals surface area (Å²) in [5.74, 6) is 0. The lowest BCUT2D eigenvalue weighted by molar-refractivity contribution is 0.198. The van der Waals surface area contributed by atoms with Crippen molar-refractivity contribution in [2.24, 2.45) is 0 Å². The second-order valence-corrected chi connectivity index (χ2v) is 2.44. The Kier molecular flexibility index (Phi) is 4.16. The fourth-order valence-electron chi connectivity index (χ4n) is 0.835. The molecule has 0 bridgehead atoms. The molecule has 1 aliphatic rings. The molecular formula is C9H12O3. The van der Waals surface area contributed by atoms with E-state index in [1.54, 1.807) is 12.1 Å². The van der Waals surface area contributed by atoms with E-state index in [1.807, 2.05) is 0 Å². The summed E-state index contributed by atoms with van der Waals surface area (Å²) in [6.45, 7) is 2.00. The zero-order valence-electron chi connectivity index (χ0n) is 6.86. The van der Waals surface area contributed by atoms with E-state index < -0.39 is 0 Å². The maximum atomic E-state index is 10.1. The van der Waals surface area contributed by atoms with E-state index in [9.17, 15) is 4.79 Å². The molecule has 0 unspecified atom stereocenters. The normalized spacial score (nSPS) is 15.0. The molecule has 0 radical (unpaired) electrons. The van der Waals surface area contributed by atoms with Gasteiger partial charge in [-0.2, -0.15) is 0 Å². The van der Waals surface area contributed by atoms with Crippen molar-refractivity contribution >= 4 is 0 Å². The fourth-order valence-corrected chi connectivity index (χ4v) is 0.835. The van der Waals surface area contributed by atoms with Crippen LogP contribution in [0.5, 0.6) is 0 Å². The first-order valence-corrected chi connectivity index (χ1v) is 4.01. The lowest BCUT2D eigenvalue weighted by Gasteiger charge is -1.76. The topological polar surface area (TPSA) is 39.4 Å². The van der Waals surface area contributed by atoms with Crippen LogP contribution in [-0.2, 0) is 4.74 Å². The molecule has 3 heteroatoms. The Morgan fingerprint density at radius 1 is 1.17 bits per heavy atom. The van der Waals surface area contributed by atoms with Crippen LogP contribution in [0.4, 0.5) is 0 Å². The summed E-state index contributed by atoms with van der Waals surface area (Å²) in [5, 5.41) is 0. The predicted octanol–water partition coefficient (Wildman–Crippen LogP) is 1.44. The Bertz CT molecular complexity index is 225. The summed E-state index contributed by atoms with van der Waals surface area (Å²) in [5.41, 5.74) is -0.303. The Morgan fingerprint density at radius 3 is 2.17 bits per heavy atom. The van der Waals surface area contributed by atoms with Gasteiger partial charge in [-0.3, -0.25) is 0 Å². The van der Waals surface area contributed by atoms with Gasteiger partial charge >= 0.3 is 5.63 Å². The zero-order chi connectivity index (χ0) is 8.65. The van der Waals surface area contributed by atoms with Gasteiger partial charge in [-0.15, -0.1) is 0 Å².